The van der Waals surface area contributed by atoms with Gasteiger partial charge in [0.1, 0.15) is 6.04 Å². The SMILES string of the molecule is CNCCOCCOCCOCCOCCOCCc1cccc2c1C(=O)N(C1CCC(=O)NC1=O)C2=O. The van der Waals surface area contributed by atoms with Crippen molar-refractivity contribution in [1.82, 2.24) is 15.5 Å². The second-order valence-corrected chi connectivity index (χ2v) is 8.70. The predicted octanol–water partition coefficient (Wildman–Crippen LogP) is -0.0673. The molecule has 1 aromatic rings. The normalized spacial score (nSPS) is 17.3. The van der Waals surface area contributed by atoms with Crippen molar-refractivity contribution in [2.75, 3.05) is 79.7 Å². The maximum atomic E-state index is 13.1. The number of ether oxygens (including phenoxy) is 5. The highest BCUT2D eigenvalue weighted by Crippen LogP contribution is 2.30. The van der Waals surface area contributed by atoms with Gasteiger partial charge in [-0.05, 0) is 31.5 Å². The topological polar surface area (TPSA) is 142 Å². The van der Waals surface area contributed by atoms with Gasteiger partial charge in [0.15, 0.2) is 0 Å². The van der Waals surface area contributed by atoms with Gasteiger partial charge >= 0.3 is 0 Å². The van der Waals surface area contributed by atoms with E-state index in [4.69, 9.17) is 23.7 Å². The van der Waals surface area contributed by atoms with Gasteiger partial charge in [0.2, 0.25) is 11.8 Å². The van der Waals surface area contributed by atoms with Crippen molar-refractivity contribution in [3.8, 4) is 0 Å². The van der Waals surface area contributed by atoms with Crippen molar-refractivity contribution < 1.29 is 42.9 Å². The zero-order chi connectivity index (χ0) is 27.2. The van der Waals surface area contributed by atoms with Crippen molar-refractivity contribution in [3.05, 3.63) is 34.9 Å². The molecule has 0 spiro atoms. The van der Waals surface area contributed by atoms with E-state index in [-0.39, 0.29) is 18.4 Å². The first-order valence-electron chi connectivity index (χ1n) is 12.9. The summed E-state index contributed by atoms with van der Waals surface area (Å²) < 4.78 is 27.3. The number of piperidine rings is 1. The Hall–Kier alpha value is -2.74. The van der Waals surface area contributed by atoms with Crippen LogP contribution in [0.2, 0.25) is 0 Å². The number of imide groups is 2. The van der Waals surface area contributed by atoms with E-state index in [1.807, 2.05) is 7.05 Å². The third-order valence-corrected chi connectivity index (χ3v) is 6.05. The van der Waals surface area contributed by atoms with E-state index in [2.05, 4.69) is 10.6 Å². The smallest absolute Gasteiger partial charge is 0.262 e. The lowest BCUT2D eigenvalue weighted by molar-refractivity contribution is -0.136. The fraction of sp³-hybridized carbons (Fsp3) is 0.615. The number of hydrogen-bond acceptors (Lipinski definition) is 10. The van der Waals surface area contributed by atoms with Crippen LogP contribution in [0.3, 0.4) is 0 Å². The van der Waals surface area contributed by atoms with Crippen LogP contribution in [0.1, 0.15) is 39.1 Å². The van der Waals surface area contributed by atoms with Crippen molar-refractivity contribution in [2.24, 2.45) is 0 Å². The van der Waals surface area contributed by atoms with Crippen LogP contribution in [-0.2, 0) is 39.7 Å². The minimum atomic E-state index is -0.981. The molecule has 12 nitrogen and oxygen atoms in total. The van der Waals surface area contributed by atoms with E-state index in [1.165, 1.54) is 0 Å². The van der Waals surface area contributed by atoms with Crippen molar-refractivity contribution >= 4 is 23.6 Å². The van der Waals surface area contributed by atoms with Gasteiger partial charge in [-0.25, -0.2) is 0 Å². The van der Waals surface area contributed by atoms with Crippen LogP contribution in [-0.4, -0.2) is 114 Å². The highest BCUT2D eigenvalue weighted by Gasteiger charge is 2.45. The fourth-order valence-corrected chi connectivity index (χ4v) is 4.13. The zero-order valence-electron chi connectivity index (χ0n) is 21.8. The molecule has 4 amide bonds. The molecular formula is C26H37N3O9. The highest BCUT2D eigenvalue weighted by atomic mass is 16.6. The summed E-state index contributed by atoms with van der Waals surface area (Å²) in [7, 11) is 1.88. The summed E-state index contributed by atoms with van der Waals surface area (Å²) >= 11 is 0. The number of benzene rings is 1. The van der Waals surface area contributed by atoms with Gasteiger partial charge < -0.3 is 29.0 Å². The van der Waals surface area contributed by atoms with Gasteiger partial charge in [0.05, 0.1) is 77.2 Å². The van der Waals surface area contributed by atoms with E-state index in [0.717, 1.165) is 11.4 Å². The molecule has 12 heteroatoms. The molecule has 0 bridgehead atoms. The third-order valence-electron chi connectivity index (χ3n) is 6.05. The maximum Gasteiger partial charge on any atom is 0.262 e. The molecule has 2 N–H and O–H groups in total. The third kappa shape index (κ3) is 8.65. The lowest BCUT2D eigenvalue weighted by Gasteiger charge is -2.27. The molecule has 0 aromatic heterocycles. The minimum Gasteiger partial charge on any atom is -0.379 e. The first-order valence-corrected chi connectivity index (χ1v) is 12.9. The standard InChI is InChI=1S/C26H37N3O9/c1-27-8-10-35-12-14-37-16-18-38-17-15-36-13-11-34-9-7-19-3-2-4-20-23(19)26(33)29(25(20)32)21-5-6-22(30)28-24(21)31/h2-4,21,27H,5-18H2,1H3,(H,28,30,31). The number of nitrogens with zero attached hydrogens (tertiary/aromatic N) is 1. The summed E-state index contributed by atoms with van der Waals surface area (Å²) in [5.41, 5.74) is 1.24. The number of carbonyl (C=O) groups is 4. The van der Waals surface area contributed by atoms with Crippen LogP contribution in [0.15, 0.2) is 18.2 Å². The molecule has 1 fully saturated rings. The van der Waals surface area contributed by atoms with E-state index in [1.54, 1.807) is 18.2 Å². The Labute approximate surface area is 222 Å². The quantitative estimate of drug-likeness (QED) is 0.183. The van der Waals surface area contributed by atoms with Crippen LogP contribution < -0.4 is 10.6 Å². The van der Waals surface area contributed by atoms with E-state index in [0.29, 0.717) is 83.6 Å². The van der Waals surface area contributed by atoms with Crippen LogP contribution >= 0.6 is 0 Å². The molecule has 38 heavy (non-hydrogen) atoms. The molecule has 2 aliphatic heterocycles. The first kappa shape index (κ1) is 29.8. The van der Waals surface area contributed by atoms with E-state index < -0.39 is 29.7 Å². The summed E-state index contributed by atoms with van der Waals surface area (Å²) in [4.78, 5) is 50.6. The monoisotopic (exact) mass is 535 g/mol. The molecule has 0 saturated carbocycles. The minimum absolute atomic E-state index is 0.0839. The zero-order valence-corrected chi connectivity index (χ0v) is 21.8. The Morgan fingerprint density at radius 1 is 0.816 bits per heavy atom. The fourth-order valence-electron chi connectivity index (χ4n) is 4.13. The number of rotatable bonds is 19. The Morgan fingerprint density at radius 2 is 1.39 bits per heavy atom. The molecule has 2 aliphatic rings. The predicted molar refractivity (Wildman–Crippen MR) is 135 cm³/mol. The Balaban J connectivity index is 1.26. The van der Waals surface area contributed by atoms with E-state index in [9.17, 15) is 19.2 Å². The molecule has 210 valence electrons. The highest BCUT2D eigenvalue weighted by molar-refractivity contribution is 6.24. The second-order valence-electron chi connectivity index (χ2n) is 8.70. The summed E-state index contributed by atoms with van der Waals surface area (Å²) in [6, 6.07) is 4.08. The molecule has 1 aromatic carbocycles. The molecular weight excluding hydrogens is 498 g/mol. The number of likely N-dealkylation sites (N-methyl/N-ethyl adjacent to an activating group) is 1. The molecule has 1 atom stereocenters. The molecule has 0 aliphatic carbocycles. The Bertz CT molecular complexity index is 956. The van der Waals surface area contributed by atoms with Gasteiger partial charge in [0, 0.05) is 13.0 Å². The number of amides is 4. The Morgan fingerprint density at radius 3 is 1.97 bits per heavy atom. The molecule has 2 heterocycles. The summed E-state index contributed by atoms with van der Waals surface area (Å²) in [6.45, 7) is 5.58. The van der Waals surface area contributed by atoms with Crippen LogP contribution in [0.4, 0.5) is 0 Å². The molecule has 1 unspecified atom stereocenters. The summed E-state index contributed by atoms with van der Waals surface area (Å²) in [6.07, 6.45) is 0.635. The summed E-state index contributed by atoms with van der Waals surface area (Å²) in [5.74, 6) is -2.05. The average molecular weight is 536 g/mol. The first-order chi connectivity index (χ1) is 18.5. The number of fused-ring (bicyclic) bond motifs is 1. The van der Waals surface area contributed by atoms with Crippen LogP contribution in [0.25, 0.3) is 0 Å². The van der Waals surface area contributed by atoms with Gasteiger partial charge in [-0.3, -0.25) is 29.4 Å². The van der Waals surface area contributed by atoms with Gasteiger partial charge in [-0.1, -0.05) is 12.1 Å². The van der Waals surface area contributed by atoms with Crippen LogP contribution in [0, 0.1) is 0 Å². The van der Waals surface area contributed by atoms with Crippen molar-refractivity contribution in [1.29, 1.82) is 0 Å². The average Bonchev–Trinajstić information content (AvgIpc) is 3.16. The molecule has 1 saturated heterocycles. The number of carbonyl (C=O) groups excluding carboxylic acids is 4. The largest absolute Gasteiger partial charge is 0.379 e. The van der Waals surface area contributed by atoms with Crippen molar-refractivity contribution in [2.45, 2.75) is 25.3 Å². The van der Waals surface area contributed by atoms with Crippen LogP contribution in [0.5, 0.6) is 0 Å². The van der Waals surface area contributed by atoms with Gasteiger partial charge in [-0.15, -0.1) is 0 Å². The van der Waals surface area contributed by atoms with Gasteiger partial charge in [0.25, 0.3) is 11.8 Å². The second kappa shape index (κ2) is 16.3. The summed E-state index contributed by atoms with van der Waals surface area (Å²) in [5, 5.41) is 5.20. The lowest BCUT2D eigenvalue weighted by Crippen LogP contribution is -2.54. The number of nitrogens with one attached hydrogen (secondary N) is 2. The molecule has 0 radical (unpaired) electrons. The van der Waals surface area contributed by atoms with Gasteiger partial charge in [-0.2, -0.15) is 0 Å². The molecule has 3 rings (SSSR count). The Kier molecular flexibility index (Phi) is 12.8. The number of hydrogen-bond donors (Lipinski definition) is 2. The maximum absolute atomic E-state index is 13.1. The van der Waals surface area contributed by atoms with E-state index >= 15 is 0 Å². The van der Waals surface area contributed by atoms with Crippen molar-refractivity contribution in [3.63, 3.8) is 0 Å². The lowest BCUT2D eigenvalue weighted by atomic mass is 10.0.